The Hall–Kier alpha value is -0.925. The summed E-state index contributed by atoms with van der Waals surface area (Å²) in [6.45, 7) is 15.3. The summed E-state index contributed by atoms with van der Waals surface area (Å²) in [5.41, 5.74) is 5.33. The zero-order valence-corrected chi connectivity index (χ0v) is 17.9. The zero-order chi connectivity index (χ0) is 20.5. The summed E-state index contributed by atoms with van der Waals surface area (Å²) in [5.74, 6) is 0. The first kappa shape index (κ1) is 22.4. The molecule has 1 unspecified atom stereocenters. The number of nitrogens with two attached hydrogens (primary N) is 1. The van der Waals surface area contributed by atoms with Crippen LogP contribution in [-0.2, 0) is 14.0 Å². The Labute approximate surface area is 164 Å². The molecule has 3 N–H and O–H groups in total. The van der Waals surface area contributed by atoms with Gasteiger partial charge in [-0.2, -0.15) is 0 Å². The first-order valence-corrected chi connectivity index (χ1v) is 9.75. The van der Waals surface area contributed by atoms with Gasteiger partial charge in [-0.25, -0.2) is 0 Å². The summed E-state index contributed by atoms with van der Waals surface area (Å²) in [4.78, 5) is 6.62. The van der Waals surface area contributed by atoms with E-state index >= 15 is 0 Å². The van der Waals surface area contributed by atoms with Crippen molar-refractivity contribution in [3.8, 4) is 0 Å². The van der Waals surface area contributed by atoms with Crippen molar-refractivity contribution in [3.63, 3.8) is 0 Å². The number of rotatable bonds is 5. The number of aliphatic hydroxyl groups is 1. The normalized spacial score (nSPS) is 26.1. The fourth-order valence-electron chi connectivity index (χ4n) is 3.00. The molecule has 27 heavy (non-hydrogen) atoms. The van der Waals surface area contributed by atoms with Crippen molar-refractivity contribution in [2.75, 3.05) is 13.1 Å². The van der Waals surface area contributed by atoms with E-state index in [0.29, 0.717) is 0 Å². The third kappa shape index (κ3) is 5.78. The number of hydrogen-bond donors (Lipinski definition) is 2. The fraction of sp³-hybridized carbons (Fsp3) is 0.842. The smallest absolute Gasteiger partial charge is 0.405 e. The predicted octanol–water partition coefficient (Wildman–Crippen LogP) is 2.09. The van der Waals surface area contributed by atoms with Crippen molar-refractivity contribution in [3.05, 3.63) is 11.7 Å². The molecular weight excluding hydrogens is 345 g/mol. The second-order valence-electron chi connectivity index (χ2n) is 9.36. The van der Waals surface area contributed by atoms with E-state index in [1.54, 1.807) is 6.21 Å². The molecule has 2 heterocycles. The largest absolute Gasteiger partial charge is 0.497 e. The van der Waals surface area contributed by atoms with E-state index in [-0.39, 0.29) is 11.6 Å². The summed E-state index contributed by atoms with van der Waals surface area (Å²) < 4.78 is 17.7. The van der Waals surface area contributed by atoms with Crippen molar-refractivity contribution >= 4 is 13.3 Å². The number of aliphatic imine (C=N–C) groups is 1. The maximum Gasteiger partial charge on any atom is 0.497 e. The number of hydrogen-bond acceptors (Lipinski definition) is 7. The van der Waals surface area contributed by atoms with Gasteiger partial charge in [0, 0.05) is 24.8 Å². The number of allylic oxidation sites excluding steroid dienone is 1. The molecule has 0 radical (unpaired) electrons. The molecule has 7 nitrogen and oxygen atoms in total. The minimum Gasteiger partial charge on any atom is -0.405 e. The molecule has 0 spiro atoms. The highest BCUT2D eigenvalue weighted by atomic mass is 16.7. The van der Waals surface area contributed by atoms with Gasteiger partial charge >= 0.3 is 7.12 Å². The van der Waals surface area contributed by atoms with Gasteiger partial charge in [0.05, 0.1) is 22.8 Å². The van der Waals surface area contributed by atoms with Crippen molar-refractivity contribution in [1.82, 2.24) is 4.90 Å². The molecule has 8 heteroatoms. The van der Waals surface area contributed by atoms with Gasteiger partial charge in [-0.1, -0.05) is 0 Å². The Bertz CT molecular complexity index is 548. The number of likely N-dealkylation sites (tertiary alicyclic amines) is 1. The number of aliphatic hydroxyl groups excluding tert-OH is 1. The van der Waals surface area contributed by atoms with E-state index in [2.05, 4.69) is 4.99 Å². The van der Waals surface area contributed by atoms with Crippen molar-refractivity contribution in [2.45, 2.75) is 90.6 Å². The summed E-state index contributed by atoms with van der Waals surface area (Å²) in [7, 11) is -0.508. The predicted molar refractivity (Wildman–Crippen MR) is 108 cm³/mol. The summed E-state index contributed by atoms with van der Waals surface area (Å²) in [5, 5.41) is 10.2. The molecule has 0 aromatic rings. The quantitative estimate of drug-likeness (QED) is 0.431. The highest BCUT2D eigenvalue weighted by Crippen LogP contribution is 2.38. The molecule has 2 aliphatic rings. The van der Waals surface area contributed by atoms with Crippen LogP contribution in [0.4, 0.5) is 0 Å². The second-order valence-corrected chi connectivity index (χ2v) is 9.36. The minimum absolute atomic E-state index is 0.181. The highest BCUT2D eigenvalue weighted by molar-refractivity contribution is 6.60. The van der Waals surface area contributed by atoms with Gasteiger partial charge in [0.1, 0.15) is 0 Å². The van der Waals surface area contributed by atoms with Crippen molar-refractivity contribution in [1.29, 1.82) is 0 Å². The van der Waals surface area contributed by atoms with E-state index in [0.717, 1.165) is 31.4 Å². The Kier molecular flexibility index (Phi) is 6.80. The lowest BCUT2D eigenvalue weighted by molar-refractivity contribution is -0.242. The maximum atomic E-state index is 10.2. The van der Waals surface area contributed by atoms with Crippen LogP contribution < -0.4 is 5.73 Å². The van der Waals surface area contributed by atoms with Crippen LogP contribution in [0.1, 0.15) is 61.3 Å². The molecule has 0 saturated carbocycles. The van der Waals surface area contributed by atoms with Crippen LogP contribution in [0, 0.1) is 0 Å². The van der Waals surface area contributed by atoms with Gasteiger partial charge in [0.2, 0.25) is 6.41 Å². The number of piperidine rings is 1. The number of nitrogens with zero attached hydrogens (tertiary/aromatic N) is 2. The fourth-order valence-corrected chi connectivity index (χ4v) is 3.00. The summed E-state index contributed by atoms with van der Waals surface area (Å²) >= 11 is 0. The molecule has 2 rings (SSSR count). The van der Waals surface area contributed by atoms with Gasteiger partial charge in [0.15, 0.2) is 0 Å². The van der Waals surface area contributed by atoms with Gasteiger partial charge in [-0.05, 0) is 67.5 Å². The van der Waals surface area contributed by atoms with Crippen molar-refractivity contribution in [2.24, 2.45) is 10.7 Å². The molecule has 0 amide bonds. The van der Waals surface area contributed by atoms with E-state index in [4.69, 9.17) is 19.8 Å². The van der Waals surface area contributed by atoms with Gasteiger partial charge < -0.3 is 24.9 Å². The molecule has 0 aliphatic carbocycles. The molecule has 2 fully saturated rings. The highest BCUT2D eigenvalue weighted by Gasteiger charge is 2.52. The Morgan fingerprint density at radius 1 is 1.22 bits per heavy atom. The Balaban J connectivity index is 1.88. The molecule has 154 valence electrons. The second kappa shape index (κ2) is 8.21. The van der Waals surface area contributed by atoms with E-state index in [1.165, 1.54) is 6.20 Å². The van der Waals surface area contributed by atoms with Crippen LogP contribution in [-0.4, -0.2) is 65.7 Å². The average Bonchev–Trinajstić information content (AvgIpc) is 2.74. The van der Waals surface area contributed by atoms with E-state index in [9.17, 15) is 5.11 Å². The molecule has 2 saturated heterocycles. The Morgan fingerprint density at radius 3 is 2.19 bits per heavy atom. The summed E-state index contributed by atoms with van der Waals surface area (Å²) in [6, 6.07) is 0.181. The third-order valence-corrected chi connectivity index (χ3v) is 5.42. The molecule has 0 bridgehead atoms. The van der Waals surface area contributed by atoms with Gasteiger partial charge in [-0.3, -0.25) is 9.89 Å². The van der Waals surface area contributed by atoms with Crippen LogP contribution in [0.2, 0.25) is 0 Å². The van der Waals surface area contributed by atoms with E-state index in [1.807, 2.05) is 53.4 Å². The third-order valence-electron chi connectivity index (χ3n) is 5.42. The Morgan fingerprint density at radius 2 is 1.74 bits per heavy atom. The first-order chi connectivity index (χ1) is 12.3. The standard InChI is InChI=1S/C19H36BN3O4/c1-17(2,3)25-16(24)23-10-8-15(9-11-23)22-13-14(12-21)20-26-18(4,5)19(6,7)27-20/h12-13,15-16,24H,8-11,21H2,1-7H3. The molecular formula is C19H36BN3O4. The lowest BCUT2D eigenvalue weighted by Gasteiger charge is -2.36. The average molecular weight is 381 g/mol. The molecule has 2 aliphatic heterocycles. The monoisotopic (exact) mass is 381 g/mol. The van der Waals surface area contributed by atoms with Crippen LogP contribution in [0.5, 0.6) is 0 Å². The topological polar surface area (TPSA) is 89.5 Å². The van der Waals surface area contributed by atoms with Gasteiger partial charge in [0.25, 0.3) is 0 Å². The van der Waals surface area contributed by atoms with Gasteiger partial charge in [-0.15, -0.1) is 0 Å². The maximum absolute atomic E-state index is 10.2. The minimum atomic E-state index is -0.876. The van der Waals surface area contributed by atoms with Crippen LogP contribution in [0.3, 0.4) is 0 Å². The summed E-state index contributed by atoms with van der Waals surface area (Å²) in [6.07, 6.45) is 4.09. The van der Waals surface area contributed by atoms with Crippen LogP contribution >= 0.6 is 0 Å². The first-order valence-electron chi connectivity index (χ1n) is 9.75. The SMILES string of the molecule is CC(C)(C)OC(O)N1CCC(N=CC(=CN)B2OC(C)(C)C(C)(C)O2)CC1. The lowest BCUT2D eigenvalue weighted by atomic mass is 9.79. The molecule has 0 aromatic carbocycles. The lowest BCUT2D eigenvalue weighted by Crippen LogP contribution is -2.46. The van der Waals surface area contributed by atoms with Crippen molar-refractivity contribution < 1.29 is 19.2 Å². The number of ether oxygens (including phenoxy) is 1. The van der Waals surface area contributed by atoms with Crippen LogP contribution in [0.25, 0.3) is 0 Å². The zero-order valence-electron chi connectivity index (χ0n) is 17.9. The molecule has 1 atom stereocenters. The van der Waals surface area contributed by atoms with E-state index < -0.39 is 24.7 Å². The van der Waals surface area contributed by atoms with Crippen LogP contribution in [0.15, 0.2) is 16.7 Å². The molecule has 0 aromatic heterocycles.